The Kier molecular flexibility index (Phi) is 5.81. The summed E-state index contributed by atoms with van der Waals surface area (Å²) in [5.41, 5.74) is 13.1. The van der Waals surface area contributed by atoms with Crippen LogP contribution in [0.2, 0.25) is 0 Å². The third kappa shape index (κ3) is 3.85. The molecule has 0 unspecified atom stereocenters. The molecular formula is C55H34N4. The van der Waals surface area contributed by atoms with Gasteiger partial charge in [0.25, 0.3) is 0 Å². The quantitative estimate of drug-likeness (QED) is 0.176. The molecule has 0 saturated carbocycles. The largest absolute Gasteiger partial charge is 0.307 e. The van der Waals surface area contributed by atoms with E-state index in [1.165, 1.54) is 98.2 Å². The first-order chi connectivity index (χ1) is 29.1. The second kappa shape index (κ2) is 10.9. The molecule has 4 aromatic heterocycles. The lowest BCUT2D eigenvalue weighted by molar-refractivity contribution is 0.660. The van der Waals surface area contributed by atoms with Crippen molar-refractivity contribution < 1.29 is 0 Å². The number of nitrogens with zero attached hydrogens (tertiary/aromatic N) is 4. The number of para-hydroxylation sites is 3. The molecule has 4 heterocycles. The van der Waals surface area contributed by atoms with Gasteiger partial charge in [-0.05, 0) is 68.7 Å². The first-order valence-corrected chi connectivity index (χ1v) is 20.5. The highest BCUT2D eigenvalue weighted by molar-refractivity contribution is 6.41. The molecule has 9 aromatic carbocycles. The van der Waals surface area contributed by atoms with E-state index in [1.807, 2.05) is 0 Å². The van der Waals surface area contributed by atoms with E-state index in [9.17, 15) is 0 Å². The minimum absolute atomic E-state index is 0.0815. The van der Waals surface area contributed by atoms with Crippen LogP contribution in [0.4, 0.5) is 0 Å². The van der Waals surface area contributed by atoms with Crippen LogP contribution < -0.4 is 0 Å². The fraction of sp³-hybridized carbons (Fsp3) is 0.0545. The number of benzene rings is 9. The molecule has 0 saturated heterocycles. The molecule has 0 amide bonds. The number of hydrogen-bond acceptors (Lipinski definition) is 2. The summed E-state index contributed by atoms with van der Waals surface area (Å²) in [5, 5.41) is 13.5. The highest BCUT2D eigenvalue weighted by Gasteiger charge is 2.35. The van der Waals surface area contributed by atoms with Crippen molar-refractivity contribution in [3.8, 4) is 28.3 Å². The predicted molar refractivity (Wildman–Crippen MR) is 247 cm³/mol. The molecule has 1 aliphatic rings. The summed E-state index contributed by atoms with van der Waals surface area (Å²) in [6.07, 6.45) is 0. The second-order valence-electron chi connectivity index (χ2n) is 16.9. The van der Waals surface area contributed by atoms with Gasteiger partial charge >= 0.3 is 0 Å². The lowest BCUT2D eigenvalue weighted by atomic mass is 9.82. The third-order valence-corrected chi connectivity index (χ3v) is 13.6. The van der Waals surface area contributed by atoms with Gasteiger partial charge in [-0.3, -0.25) is 4.57 Å². The maximum absolute atomic E-state index is 5.70. The molecule has 0 bridgehead atoms. The zero-order valence-electron chi connectivity index (χ0n) is 32.5. The Balaban J connectivity index is 1.20. The summed E-state index contributed by atoms with van der Waals surface area (Å²) in [6, 6.07) is 62.4. The van der Waals surface area contributed by atoms with E-state index in [1.54, 1.807) is 0 Å². The van der Waals surface area contributed by atoms with Crippen LogP contribution in [0.25, 0.3) is 121 Å². The van der Waals surface area contributed by atoms with Crippen LogP contribution in [0.3, 0.4) is 0 Å². The summed E-state index contributed by atoms with van der Waals surface area (Å²) in [4.78, 5) is 11.0. The summed E-state index contributed by atoms with van der Waals surface area (Å²) < 4.78 is 5.01. The van der Waals surface area contributed by atoms with Crippen LogP contribution in [0.15, 0.2) is 170 Å². The minimum Gasteiger partial charge on any atom is -0.307 e. The van der Waals surface area contributed by atoms with Gasteiger partial charge in [0.15, 0.2) is 5.82 Å². The van der Waals surface area contributed by atoms with Gasteiger partial charge in [0.1, 0.15) is 5.82 Å². The molecule has 0 spiro atoms. The van der Waals surface area contributed by atoms with E-state index >= 15 is 0 Å². The van der Waals surface area contributed by atoms with Crippen molar-refractivity contribution in [1.82, 2.24) is 18.9 Å². The molecule has 0 N–H and O–H groups in total. The Morgan fingerprint density at radius 2 is 1.10 bits per heavy atom. The first kappa shape index (κ1) is 31.5. The van der Waals surface area contributed by atoms with Gasteiger partial charge in [0.2, 0.25) is 0 Å². The zero-order valence-corrected chi connectivity index (χ0v) is 32.5. The van der Waals surface area contributed by atoms with Gasteiger partial charge in [-0.2, -0.15) is 0 Å². The molecule has 0 aliphatic heterocycles. The van der Waals surface area contributed by atoms with E-state index in [4.69, 9.17) is 9.97 Å². The molecule has 0 fully saturated rings. The standard InChI is InChI=1S/C55H34N4/c1-55(2)42-23-10-7-16-34(42)41-30-32(26-28-43(41)55)53-56-44-24-11-8-20-39(44)54(57-53)59-46-29-27-31-14-3-4-15-33(31)47(46)48-36-18-5-6-19-38(36)51-49(52(48)59)40-22-13-21-37-35-17-9-12-25-45(35)58(51)50(37)40/h3-30H,1-2H3. The molecule has 0 radical (unpaired) electrons. The topological polar surface area (TPSA) is 35.1 Å². The Morgan fingerprint density at radius 1 is 0.424 bits per heavy atom. The lowest BCUT2D eigenvalue weighted by Gasteiger charge is -2.21. The molecule has 13 aromatic rings. The zero-order chi connectivity index (χ0) is 38.7. The van der Waals surface area contributed by atoms with Crippen molar-refractivity contribution in [3.05, 3.63) is 181 Å². The summed E-state index contributed by atoms with van der Waals surface area (Å²) >= 11 is 0. The van der Waals surface area contributed by atoms with E-state index in [0.717, 1.165) is 33.6 Å². The van der Waals surface area contributed by atoms with Gasteiger partial charge in [0, 0.05) is 54.1 Å². The maximum Gasteiger partial charge on any atom is 0.162 e. The van der Waals surface area contributed by atoms with Gasteiger partial charge in [0.05, 0.1) is 33.1 Å². The molecule has 59 heavy (non-hydrogen) atoms. The van der Waals surface area contributed by atoms with Crippen LogP contribution in [0.5, 0.6) is 0 Å². The molecule has 4 nitrogen and oxygen atoms in total. The van der Waals surface area contributed by atoms with Crippen molar-refractivity contribution in [3.63, 3.8) is 0 Å². The van der Waals surface area contributed by atoms with E-state index < -0.39 is 0 Å². The van der Waals surface area contributed by atoms with Crippen LogP contribution in [0, 0.1) is 0 Å². The fourth-order valence-electron chi connectivity index (χ4n) is 11.1. The van der Waals surface area contributed by atoms with Crippen molar-refractivity contribution in [2.75, 3.05) is 0 Å². The fourth-order valence-corrected chi connectivity index (χ4v) is 11.1. The van der Waals surface area contributed by atoms with Gasteiger partial charge < -0.3 is 4.40 Å². The normalized spacial score (nSPS) is 13.7. The molecule has 1 aliphatic carbocycles. The summed E-state index contributed by atoms with van der Waals surface area (Å²) in [7, 11) is 0. The van der Waals surface area contributed by atoms with Crippen molar-refractivity contribution in [2.24, 2.45) is 0 Å². The Labute approximate surface area is 338 Å². The second-order valence-corrected chi connectivity index (χ2v) is 16.9. The third-order valence-electron chi connectivity index (χ3n) is 13.6. The van der Waals surface area contributed by atoms with E-state index in [0.29, 0.717) is 0 Å². The van der Waals surface area contributed by atoms with Crippen molar-refractivity contribution in [1.29, 1.82) is 0 Å². The first-order valence-electron chi connectivity index (χ1n) is 20.5. The van der Waals surface area contributed by atoms with Crippen LogP contribution in [0.1, 0.15) is 25.0 Å². The molecular weight excluding hydrogens is 717 g/mol. The van der Waals surface area contributed by atoms with E-state index in [-0.39, 0.29) is 5.41 Å². The summed E-state index contributed by atoms with van der Waals surface area (Å²) in [6.45, 7) is 4.66. The predicted octanol–water partition coefficient (Wildman–Crippen LogP) is 14.2. The Morgan fingerprint density at radius 3 is 2.00 bits per heavy atom. The highest BCUT2D eigenvalue weighted by Crippen LogP contribution is 2.51. The van der Waals surface area contributed by atoms with Crippen LogP contribution in [-0.4, -0.2) is 18.9 Å². The monoisotopic (exact) mass is 750 g/mol. The number of rotatable bonds is 2. The Hall–Kier alpha value is -7.56. The van der Waals surface area contributed by atoms with Crippen molar-refractivity contribution in [2.45, 2.75) is 19.3 Å². The molecule has 0 atom stereocenters. The number of hydrogen-bond donors (Lipinski definition) is 0. The van der Waals surface area contributed by atoms with Crippen LogP contribution in [-0.2, 0) is 5.41 Å². The maximum atomic E-state index is 5.70. The SMILES string of the molecule is CC1(C)c2ccccc2-c2cc(-c3nc(-n4c5ccc6ccccc6c5c5c6ccccc6c6c(c7cccc8c9ccccc9n6c87)c54)c4ccccc4n3)ccc21. The number of aromatic nitrogens is 4. The smallest absolute Gasteiger partial charge is 0.162 e. The molecule has 14 rings (SSSR count). The van der Waals surface area contributed by atoms with Gasteiger partial charge in [-0.25, -0.2) is 9.97 Å². The van der Waals surface area contributed by atoms with Gasteiger partial charge in [-0.15, -0.1) is 0 Å². The van der Waals surface area contributed by atoms with Crippen LogP contribution >= 0.6 is 0 Å². The van der Waals surface area contributed by atoms with Gasteiger partial charge in [-0.1, -0.05) is 153 Å². The highest BCUT2D eigenvalue weighted by atomic mass is 15.1. The minimum atomic E-state index is -0.0815. The average molecular weight is 751 g/mol. The molecule has 4 heteroatoms. The van der Waals surface area contributed by atoms with E-state index in [2.05, 4.69) is 193 Å². The number of fused-ring (bicyclic) bond motifs is 19. The van der Waals surface area contributed by atoms with Crippen molar-refractivity contribution >= 4 is 92.3 Å². The lowest BCUT2D eigenvalue weighted by Crippen LogP contribution is -2.14. The average Bonchev–Trinajstić information content (AvgIpc) is 3.99. The Bertz CT molecular complexity index is 3990. The molecule has 274 valence electrons. The summed E-state index contributed by atoms with van der Waals surface area (Å²) in [5.74, 6) is 1.60.